The van der Waals surface area contributed by atoms with E-state index in [4.69, 9.17) is 16.3 Å². The van der Waals surface area contributed by atoms with E-state index in [2.05, 4.69) is 25.6 Å². The average Bonchev–Trinajstić information content (AvgIpc) is 2.99. The van der Waals surface area contributed by atoms with Crippen molar-refractivity contribution in [1.82, 2.24) is 20.3 Å². The van der Waals surface area contributed by atoms with Gasteiger partial charge in [-0.15, -0.1) is 11.3 Å². The molecule has 1 aliphatic heterocycles. The van der Waals surface area contributed by atoms with E-state index in [1.54, 1.807) is 6.07 Å². The van der Waals surface area contributed by atoms with E-state index >= 15 is 0 Å². The summed E-state index contributed by atoms with van der Waals surface area (Å²) in [4.78, 5) is 25.7. The van der Waals surface area contributed by atoms with Crippen molar-refractivity contribution < 1.29 is 9.53 Å². The number of amides is 1. The molecule has 1 aromatic carbocycles. The van der Waals surface area contributed by atoms with Crippen molar-refractivity contribution in [3.63, 3.8) is 0 Å². The Bertz CT molecular complexity index is 1240. The number of fused-ring (bicyclic) bond motifs is 5. The number of halogens is 1. The van der Waals surface area contributed by atoms with Crippen LogP contribution in [0.5, 0.6) is 11.8 Å². The molecule has 2 N–H and O–H groups in total. The van der Waals surface area contributed by atoms with Crippen molar-refractivity contribution in [3.05, 3.63) is 46.7 Å². The van der Waals surface area contributed by atoms with Crippen LogP contribution < -0.4 is 15.4 Å². The molecule has 0 unspecified atom stereocenters. The summed E-state index contributed by atoms with van der Waals surface area (Å²) in [6.45, 7) is 2.65. The second kappa shape index (κ2) is 6.57. The fourth-order valence-electron chi connectivity index (χ4n) is 3.24. The summed E-state index contributed by atoms with van der Waals surface area (Å²) < 4.78 is 6.74. The highest BCUT2D eigenvalue weighted by molar-refractivity contribution is 7.21. The predicted octanol–water partition coefficient (Wildman–Crippen LogP) is 4.23. The molecule has 0 bridgehead atoms. The zero-order chi connectivity index (χ0) is 19.3. The predicted molar refractivity (Wildman–Crippen MR) is 110 cm³/mol. The molecule has 5 rings (SSSR count). The van der Waals surface area contributed by atoms with Crippen molar-refractivity contribution in [3.8, 4) is 11.8 Å². The molecular formula is C19H14ClN5O2S. The molecule has 0 spiro atoms. The number of hydrogen-bond donors (Lipinski definition) is 2. The smallest absolute Gasteiger partial charge is 0.263 e. The second-order valence-corrected chi connectivity index (χ2v) is 7.94. The lowest BCUT2D eigenvalue weighted by Gasteiger charge is -2.10. The van der Waals surface area contributed by atoms with Crippen molar-refractivity contribution >= 4 is 55.5 Å². The first kappa shape index (κ1) is 17.2. The highest BCUT2D eigenvalue weighted by atomic mass is 35.5. The largest absolute Gasteiger partial charge is 0.421 e. The first-order valence-electron chi connectivity index (χ1n) is 8.65. The summed E-state index contributed by atoms with van der Waals surface area (Å²) in [7, 11) is 0. The Morgan fingerprint density at radius 2 is 2.11 bits per heavy atom. The Balaban J connectivity index is 1.62. The van der Waals surface area contributed by atoms with Crippen molar-refractivity contribution in [2.75, 3.05) is 11.9 Å². The highest BCUT2D eigenvalue weighted by Crippen LogP contribution is 2.41. The van der Waals surface area contributed by atoms with Crippen LogP contribution in [0.1, 0.15) is 16.6 Å². The molecule has 0 saturated heterocycles. The molecule has 1 amide bonds. The summed E-state index contributed by atoms with van der Waals surface area (Å²) in [5, 5.41) is 8.68. The Labute approximate surface area is 168 Å². The van der Waals surface area contributed by atoms with E-state index in [0.29, 0.717) is 28.3 Å². The number of aromatic nitrogens is 3. The third-order valence-electron chi connectivity index (χ3n) is 4.48. The van der Waals surface area contributed by atoms with Crippen LogP contribution in [0, 0.1) is 0 Å². The Kier molecular flexibility index (Phi) is 4.03. The fraction of sp³-hybridized carbons (Fsp3) is 0.158. The number of nitrogens with one attached hydrogen (secondary N) is 2. The van der Waals surface area contributed by atoms with Gasteiger partial charge in [0.2, 0.25) is 11.8 Å². The minimum absolute atomic E-state index is 0.0459. The molecule has 0 fully saturated rings. The van der Waals surface area contributed by atoms with E-state index < -0.39 is 0 Å². The maximum absolute atomic E-state index is 12.5. The number of carbonyl (C=O) groups excluding carboxylic acids is 1. The first-order chi connectivity index (χ1) is 13.6. The maximum Gasteiger partial charge on any atom is 0.263 e. The zero-order valence-corrected chi connectivity index (χ0v) is 16.3. The molecule has 140 valence electrons. The minimum Gasteiger partial charge on any atom is -0.421 e. The molecule has 4 heterocycles. The maximum atomic E-state index is 12.5. The van der Waals surface area contributed by atoms with Gasteiger partial charge in [-0.05, 0) is 25.1 Å². The van der Waals surface area contributed by atoms with Gasteiger partial charge < -0.3 is 15.4 Å². The van der Waals surface area contributed by atoms with Gasteiger partial charge in [0.05, 0.1) is 11.2 Å². The molecule has 4 aromatic rings. The Hall–Kier alpha value is -2.97. The SMILES string of the molecule is C[C@H]1CNc2c(sc3ccc4nc(Oc5cc(Cl)ncn5)ccc4c23)C(=O)N1. The lowest BCUT2D eigenvalue weighted by Crippen LogP contribution is -2.34. The number of hydrogen-bond acceptors (Lipinski definition) is 7. The van der Waals surface area contributed by atoms with Crippen LogP contribution in [0.3, 0.4) is 0 Å². The standard InChI is InChI=1S/C19H14ClN5O2S/c1-9-7-21-17-16-10-2-5-14(27-15-6-13(20)22-8-23-15)25-11(10)3-4-12(16)28-18(17)19(26)24-9/h2-6,8-9,21H,7H2,1H3,(H,24,26)/t9-/m0/s1. The van der Waals surface area contributed by atoms with Gasteiger partial charge in [0.15, 0.2) is 0 Å². The molecule has 1 aliphatic rings. The van der Waals surface area contributed by atoms with E-state index in [-0.39, 0.29) is 11.9 Å². The van der Waals surface area contributed by atoms with E-state index in [1.165, 1.54) is 23.7 Å². The van der Waals surface area contributed by atoms with E-state index in [9.17, 15) is 4.79 Å². The number of pyridine rings is 1. The number of ether oxygens (including phenoxy) is 1. The van der Waals surface area contributed by atoms with Gasteiger partial charge in [-0.25, -0.2) is 15.0 Å². The lowest BCUT2D eigenvalue weighted by molar-refractivity contribution is 0.0949. The summed E-state index contributed by atoms with van der Waals surface area (Å²) >= 11 is 7.35. The number of thiophene rings is 1. The molecule has 3 aromatic heterocycles. The van der Waals surface area contributed by atoms with E-state index in [1.807, 2.05) is 25.1 Å². The summed E-state index contributed by atoms with van der Waals surface area (Å²) in [5.41, 5.74) is 1.63. The molecule has 7 nitrogen and oxygen atoms in total. The normalized spacial score (nSPS) is 16.4. The number of benzene rings is 1. The van der Waals surface area contributed by atoms with Gasteiger partial charge >= 0.3 is 0 Å². The quantitative estimate of drug-likeness (QED) is 0.480. The molecule has 28 heavy (non-hydrogen) atoms. The summed E-state index contributed by atoms with van der Waals surface area (Å²) in [6.07, 6.45) is 1.33. The van der Waals surface area contributed by atoms with Crippen LogP contribution in [0.2, 0.25) is 5.15 Å². The zero-order valence-electron chi connectivity index (χ0n) is 14.7. The van der Waals surface area contributed by atoms with Crippen molar-refractivity contribution in [1.29, 1.82) is 0 Å². The summed E-state index contributed by atoms with van der Waals surface area (Å²) in [6, 6.07) is 9.22. The van der Waals surface area contributed by atoms with E-state index in [0.717, 1.165) is 26.7 Å². The molecule has 0 radical (unpaired) electrons. The molecule has 9 heteroatoms. The molecule has 1 atom stereocenters. The third-order valence-corrected chi connectivity index (χ3v) is 5.84. The second-order valence-electron chi connectivity index (χ2n) is 6.50. The molecular weight excluding hydrogens is 398 g/mol. The van der Waals surface area contributed by atoms with Crippen LogP contribution in [0.4, 0.5) is 5.69 Å². The average molecular weight is 412 g/mol. The van der Waals surface area contributed by atoms with Gasteiger partial charge in [0.25, 0.3) is 5.91 Å². The first-order valence-corrected chi connectivity index (χ1v) is 9.84. The number of anilines is 1. The van der Waals surface area contributed by atoms with Crippen molar-refractivity contribution in [2.45, 2.75) is 13.0 Å². The number of nitrogens with zero attached hydrogens (tertiary/aromatic N) is 3. The van der Waals surface area contributed by atoms with Crippen LogP contribution >= 0.6 is 22.9 Å². The summed E-state index contributed by atoms with van der Waals surface area (Å²) in [5.74, 6) is 0.683. The molecule has 0 saturated carbocycles. The van der Waals surface area contributed by atoms with Crippen LogP contribution in [-0.4, -0.2) is 33.4 Å². The Morgan fingerprint density at radius 1 is 1.21 bits per heavy atom. The highest BCUT2D eigenvalue weighted by Gasteiger charge is 2.24. The topological polar surface area (TPSA) is 89.0 Å². The number of carbonyl (C=O) groups is 1. The van der Waals surface area contributed by atoms with Crippen LogP contribution in [-0.2, 0) is 0 Å². The third kappa shape index (κ3) is 2.90. The van der Waals surface area contributed by atoms with Gasteiger partial charge in [-0.1, -0.05) is 11.6 Å². The Morgan fingerprint density at radius 3 is 2.96 bits per heavy atom. The molecule has 0 aliphatic carbocycles. The fourth-order valence-corrected chi connectivity index (χ4v) is 4.48. The lowest BCUT2D eigenvalue weighted by atomic mass is 10.1. The van der Waals surface area contributed by atoms with Gasteiger partial charge in [0, 0.05) is 40.2 Å². The number of rotatable bonds is 2. The van der Waals surface area contributed by atoms with Crippen LogP contribution in [0.25, 0.3) is 21.0 Å². The van der Waals surface area contributed by atoms with Crippen molar-refractivity contribution in [2.24, 2.45) is 0 Å². The monoisotopic (exact) mass is 411 g/mol. The van der Waals surface area contributed by atoms with Gasteiger partial charge in [-0.3, -0.25) is 4.79 Å². The van der Waals surface area contributed by atoms with Crippen LogP contribution in [0.15, 0.2) is 36.7 Å². The van der Waals surface area contributed by atoms with Gasteiger partial charge in [0.1, 0.15) is 16.4 Å². The van der Waals surface area contributed by atoms with Gasteiger partial charge in [-0.2, -0.15) is 0 Å². The minimum atomic E-state index is -0.0459.